The molecule has 712 valence electrons. The molecule has 0 saturated carbocycles. The van der Waals surface area contributed by atoms with Crippen LogP contribution in [0, 0.1) is 0 Å². The molecule has 2 heterocycles. The van der Waals surface area contributed by atoms with Crippen molar-refractivity contribution in [2.75, 3.05) is 88.1 Å². The number of carbonyl (C=O) groups excluding carboxylic acids is 10. The molecule has 0 aliphatic rings. The van der Waals surface area contributed by atoms with Gasteiger partial charge < -0.3 is 86.3 Å². The molecule has 1 unspecified atom stereocenters. The summed E-state index contributed by atoms with van der Waals surface area (Å²) in [7, 11) is 0. The van der Waals surface area contributed by atoms with Crippen molar-refractivity contribution < 1.29 is 81.5 Å². The van der Waals surface area contributed by atoms with Crippen LogP contribution in [-0.2, 0) is 58.9 Å². The predicted molar refractivity (Wildman–Crippen MR) is 495 cm³/mol. The van der Waals surface area contributed by atoms with Gasteiger partial charge in [-0.15, -0.1) is 0 Å². The molecular weight excluding hydrogens is 1620 g/mol. The standard InChI is InChI=1S/C93H162N14O17S/c1-16-19-22-24-26-28-30-32-34-36-38-40-42-51-76(109)119-67-72(120-77(110)52-43-41-39-37-35-33-31-29-27-25-23-20-17-2)68-125-69-74(101-87(116)122-91(7,8)9)83(113)95-58-45-44-50-73(100-75(108)65-99-81(111)71-55-53-70(54-56-71)66-107-80-78(102-85(107)114)79(94)103-84(104-80)97-57-21-18-3)82(112)96-59-48-63-105(88(117)123-92(10,11)12)61-46-47-62-106(89(118)124-93(13,14)15)64-49-60-98-86(115)121-90(4,5)6/h53-56,72-74H,16-52,57-69H2,1-15H3,(H,95,113)(H,96,112)(H,98,115)(H,99,111)(H,100,108)(H,101,116)(H,102,114)(H3,94,97,103,104)/t72?,73-,74-/m0/s1. The van der Waals surface area contributed by atoms with E-state index >= 15 is 0 Å². The molecule has 0 bridgehead atoms. The predicted octanol–water partition coefficient (Wildman–Crippen LogP) is 17.6. The number of ether oxygens (including phenoxy) is 6. The van der Waals surface area contributed by atoms with Crippen LogP contribution in [0.5, 0.6) is 6.01 Å². The summed E-state index contributed by atoms with van der Waals surface area (Å²) < 4.78 is 35.7. The number of thioether (sulfide) groups is 1. The Morgan fingerprint density at radius 1 is 0.464 bits per heavy atom. The summed E-state index contributed by atoms with van der Waals surface area (Å²) in [6, 6.07) is 3.87. The normalized spacial score (nSPS) is 12.4. The molecule has 3 rings (SSSR count). The van der Waals surface area contributed by atoms with Gasteiger partial charge in [-0.05, 0) is 165 Å². The molecule has 0 aliphatic carbocycles. The minimum absolute atomic E-state index is 0.0182. The zero-order valence-corrected chi connectivity index (χ0v) is 79.9. The van der Waals surface area contributed by atoms with Crippen molar-refractivity contribution in [1.29, 1.82) is 0 Å². The van der Waals surface area contributed by atoms with E-state index < -0.39 is 101 Å². The molecule has 3 atom stereocenters. The van der Waals surface area contributed by atoms with Gasteiger partial charge in [0.2, 0.25) is 23.7 Å². The number of esters is 2. The minimum atomic E-state index is -1.15. The fourth-order valence-corrected chi connectivity index (χ4v) is 14.5. The fraction of sp³-hybridized carbons (Fsp3) is 0.774. The van der Waals surface area contributed by atoms with Crippen LogP contribution in [0.2, 0.25) is 0 Å². The second-order valence-electron chi connectivity index (χ2n) is 36.8. The number of hydrogen-bond acceptors (Lipinski definition) is 23. The van der Waals surface area contributed by atoms with E-state index in [4.69, 9.17) is 34.2 Å². The van der Waals surface area contributed by atoms with Gasteiger partial charge in [-0.2, -0.15) is 26.7 Å². The monoisotopic (exact) mass is 1780 g/mol. The number of benzene rings is 1. The summed E-state index contributed by atoms with van der Waals surface area (Å²) in [4.78, 5) is 152. The summed E-state index contributed by atoms with van der Waals surface area (Å²) in [5.74, 6) is -2.60. The molecule has 0 saturated heterocycles. The van der Waals surface area contributed by atoms with Crippen LogP contribution in [-0.4, -0.2) is 212 Å². The van der Waals surface area contributed by atoms with Gasteiger partial charge in [-0.3, -0.25) is 33.3 Å². The zero-order chi connectivity index (χ0) is 92.5. The third kappa shape index (κ3) is 54.3. The number of imidazole rings is 1. The zero-order valence-electron chi connectivity index (χ0n) is 79.0. The Morgan fingerprint density at radius 2 is 0.912 bits per heavy atom. The van der Waals surface area contributed by atoms with Crippen molar-refractivity contribution >= 4 is 94.6 Å². The number of unbranched alkanes of at least 4 members (excludes halogenated alkanes) is 27. The van der Waals surface area contributed by atoms with Crippen molar-refractivity contribution in [1.82, 2.24) is 61.2 Å². The highest BCUT2D eigenvalue weighted by Gasteiger charge is 2.30. The van der Waals surface area contributed by atoms with E-state index in [2.05, 4.69) is 72.9 Å². The summed E-state index contributed by atoms with van der Waals surface area (Å²) in [6.45, 7) is 28.9. The van der Waals surface area contributed by atoms with E-state index in [1.165, 1.54) is 137 Å². The van der Waals surface area contributed by atoms with Crippen molar-refractivity contribution in [2.45, 2.75) is 389 Å². The van der Waals surface area contributed by atoms with Gasteiger partial charge in [0.15, 0.2) is 17.0 Å². The lowest BCUT2D eigenvalue weighted by molar-refractivity contribution is -0.157. The van der Waals surface area contributed by atoms with Gasteiger partial charge in [0, 0.05) is 82.3 Å². The molecule has 32 heteroatoms. The van der Waals surface area contributed by atoms with E-state index in [1.54, 1.807) is 112 Å². The Morgan fingerprint density at radius 3 is 1.41 bits per heavy atom. The molecule has 1 aromatic carbocycles. The first kappa shape index (κ1) is 111. The molecule has 0 radical (unpaired) electrons. The summed E-state index contributed by atoms with van der Waals surface area (Å²) >= 11 is 1.24. The number of fused-ring (bicyclic) bond motifs is 1. The molecule has 0 fully saturated rings. The largest absolute Gasteiger partial charge is 0.480 e. The van der Waals surface area contributed by atoms with Crippen LogP contribution in [0.15, 0.2) is 24.3 Å². The maximum absolute atomic E-state index is 14.3. The fourth-order valence-electron chi connectivity index (χ4n) is 13.5. The molecule has 0 spiro atoms. The van der Waals surface area contributed by atoms with Crippen molar-refractivity contribution in [2.24, 2.45) is 0 Å². The topological polar surface area (TPSA) is 407 Å². The smallest absolute Gasteiger partial charge is 0.410 e. The number of nitrogens with zero attached hydrogens (tertiary/aromatic N) is 6. The second-order valence-corrected chi connectivity index (χ2v) is 37.8. The highest BCUT2D eigenvalue weighted by Crippen LogP contribution is 2.27. The van der Waals surface area contributed by atoms with Crippen LogP contribution in [0.3, 0.4) is 0 Å². The van der Waals surface area contributed by atoms with E-state index in [-0.39, 0.29) is 131 Å². The Kier molecular flexibility index (Phi) is 55.3. The quantitative estimate of drug-likeness (QED) is 0.0144. The Labute approximate surface area is 751 Å². The van der Waals surface area contributed by atoms with E-state index in [0.717, 1.165) is 51.4 Å². The summed E-state index contributed by atoms with van der Waals surface area (Å²) in [6.07, 6.45) is 31.6. The van der Waals surface area contributed by atoms with Gasteiger partial charge in [-0.25, -0.2) is 19.2 Å². The average molecular weight is 1780 g/mol. The van der Waals surface area contributed by atoms with E-state index in [9.17, 15) is 53.1 Å². The lowest BCUT2D eigenvalue weighted by Gasteiger charge is -2.29. The molecule has 125 heavy (non-hydrogen) atoms. The van der Waals surface area contributed by atoms with Crippen molar-refractivity contribution in [3.63, 3.8) is 0 Å². The number of alkyl carbamates (subject to hydrolysis) is 2. The first-order valence-electron chi connectivity index (χ1n) is 46.9. The maximum atomic E-state index is 14.3. The lowest BCUT2D eigenvalue weighted by atomic mass is 10.0. The van der Waals surface area contributed by atoms with Crippen molar-refractivity contribution in [3.8, 4) is 6.01 Å². The van der Waals surface area contributed by atoms with Crippen LogP contribution >= 0.6 is 11.8 Å². The number of aromatic hydroxyl groups is 1. The number of rotatable bonds is 66. The number of anilines is 2. The number of carbonyl (C=O) groups is 10. The number of nitrogens with one attached hydrogen (secondary N) is 7. The van der Waals surface area contributed by atoms with E-state index in [0.29, 0.717) is 62.2 Å². The Balaban J connectivity index is 1.79. The van der Waals surface area contributed by atoms with E-state index in [1.807, 2.05) is 0 Å². The number of hydrogen-bond donors (Lipinski definition) is 9. The first-order valence-corrected chi connectivity index (χ1v) is 48.1. The molecule has 8 amide bonds. The van der Waals surface area contributed by atoms with Crippen LogP contribution < -0.4 is 43.0 Å². The third-order valence-electron chi connectivity index (χ3n) is 20.1. The molecular formula is C93H162N14O17S. The van der Waals surface area contributed by atoms with Crippen molar-refractivity contribution in [3.05, 3.63) is 35.4 Å². The van der Waals surface area contributed by atoms with Gasteiger partial charge in [0.05, 0.1) is 13.1 Å². The minimum Gasteiger partial charge on any atom is -0.480 e. The lowest BCUT2D eigenvalue weighted by Crippen LogP contribution is -2.50. The molecule has 10 N–H and O–H groups in total. The maximum Gasteiger partial charge on any atom is 0.410 e. The number of nitrogens with two attached hydrogens (primary N) is 1. The average Bonchev–Trinajstić information content (AvgIpc) is 1.63. The van der Waals surface area contributed by atoms with Gasteiger partial charge in [-0.1, -0.05) is 193 Å². The second kappa shape index (κ2) is 62.6. The van der Waals surface area contributed by atoms with Crippen LogP contribution in [0.1, 0.15) is 357 Å². The summed E-state index contributed by atoms with van der Waals surface area (Å²) in [5.41, 5.74) is 4.45. The Bertz CT molecular complexity index is 3600. The summed E-state index contributed by atoms with van der Waals surface area (Å²) in [5, 5.41) is 30.7. The highest BCUT2D eigenvalue weighted by atomic mass is 32.2. The number of aromatic nitrogens is 4. The van der Waals surface area contributed by atoms with Crippen LogP contribution in [0.4, 0.5) is 30.9 Å². The molecule has 0 aliphatic heterocycles. The highest BCUT2D eigenvalue weighted by molar-refractivity contribution is 7.99. The molecule has 2 aromatic heterocycles. The molecule has 3 aromatic rings. The van der Waals surface area contributed by atoms with Gasteiger partial charge in [0.25, 0.3) is 11.9 Å². The van der Waals surface area contributed by atoms with Gasteiger partial charge in [0.1, 0.15) is 47.2 Å². The Hall–Kier alpha value is -8.58. The number of amides is 8. The van der Waals surface area contributed by atoms with Crippen LogP contribution in [0.25, 0.3) is 11.2 Å². The molecule has 31 nitrogen and oxygen atoms in total. The number of nitrogen functional groups attached to an aromatic ring is 1. The SMILES string of the molecule is CCCCCCCCCCCCCCCC(=O)OCC(CSC[C@H](NC(=O)OC(C)(C)C)C(=O)NCCCC[C@H](NC(=O)CNC(=O)c1ccc(Cn2c(O)nc3c(N)nc(NCCCC)nc32)cc1)C(=O)NCCCN(CCCCN(CCCNC(=O)OC(C)(C)C)C(=O)OC(C)(C)C)C(=O)OC(C)(C)C)OC(=O)CCCCCCCCCCCCCCC. The first-order chi connectivity index (χ1) is 59.4. The van der Waals surface area contributed by atoms with Gasteiger partial charge >= 0.3 is 36.3 Å². The third-order valence-corrected chi connectivity index (χ3v) is 21.3.